The van der Waals surface area contributed by atoms with E-state index in [-0.39, 0.29) is 10.6 Å². The van der Waals surface area contributed by atoms with Crippen molar-refractivity contribution in [2.75, 3.05) is 5.32 Å². The summed E-state index contributed by atoms with van der Waals surface area (Å²) in [5.74, 6) is 1.44. The molecule has 3 atom stereocenters. The lowest BCUT2D eigenvalue weighted by atomic mass is 9.71. The van der Waals surface area contributed by atoms with Crippen LogP contribution in [0.1, 0.15) is 12.8 Å². The van der Waals surface area contributed by atoms with Crippen molar-refractivity contribution in [3.8, 4) is 0 Å². The second-order valence-electron chi connectivity index (χ2n) is 4.91. The molecule has 1 aromatic carbocycles. The van der Waals surface area contributed by atoms with Crippen molar-refractivity contribution in [3.05, 3.63) is 44.9 Å². The number of non-ortho nitro benzene ring substituents is 1. The third-order valence-corrected chi connectivity index (χ3v) is 4.52. The third kappa shape index (κ3) is 1.92. The van der Waals surface area contributed by atoms with Gasteiger partial charge in [0.25, 0.3) is 5.69 Å². The van der Waals surface area contributed by atoms with Crippen molar-refractivity contribution in [2.45, 2.75) is 18.9 Å². The summed E-state index contributed by atoms with van der Waals surface area (Å²) in [5, 5.41) is 14.1. The summed E-state index contributed by atoms with van der Waals surface area (Å²) in [7, 11) is 0. The molecule has 2 aliphatic carbocycles. The van der Waals surface area contributed by atoms with Gasteiger partial charge in [-0.2, -0.15) is 0 Å². The van der Waals surface area contributed by atoms with Crippen LogP contribution in [0.3, 0.4) is 0 Å². The smallest absolute Gasteiger partial charge is 0.270 e. The lowest BCUT2D eigenvalue weighted by Gasteiger charge is -2.41. The van der Waals surface area contributed by atoms with E-state index in [1.165, 1.54) is 18.9 Å². The largest absolute Gasteiger partial charge is 0.381 e. The van der Waals surface area contributed by atoms with E-state index in [1.54, 1.807) is 12.1 Å². The van der Waals surface area contributed by atoms with E-state index in [4.69, 9.17) is 0 Å². The maximum Gasteiger partial charge on any atom is 0.270 e. The molecule has 0 spiro atoms. The van der Waals surface area contributed by atoms with Crippen molar-refractivity contribution < 1.29 is 4.92 Å². The molecular weight excluding hydrogens is 296 g/mol. The Balaban J connectivity index is 1.73. The fraction of sp³-hybridized carbons (Fsp3) is 0.385. The van der Waals surface area contributed by atoms with Gasteiger partial charge >= 0.3 is 0 Å². The Hall–Kier alpha value is -1.36. The Kier molecular flexibility index (Phi) is 2.86. The van der Waals surface area contributed by atoms with Crippen LogP contribution in [0.2, 0.25) is 0 Å². The highest BCUT2D eigenvalue weighted by molar-refractivity contribution is 9.10. The zero-order chi connectivity index (χ0) is 12.7. The van der Waals surface area contributed by atoms with Gasteiger partial charge in [0.2, 0.25) is 0 Å². The minimum atomic E-state index is -0.381. The van der Waals surface area contributed by atoms with Crippen LogP contribution in [0.15, 0.2) is 34.8 Å². The van der Waals surface area contributed by atoms with Crippen LogP contribution in [0.4, 0.5) is 11.4 Å². The molecule has 4 nitrogen and oxygen atoms in total. The van der Waals surface area contributed by atoms with Gasteiger partial charge in [-0.25, -0.2) is 0 Å². The summed E-state index contributed by atoms with van der Waals surface area (Å²) < 4.78 is 0.752. The number of nitro groups is 1. The molecule has 0 heterocycles. The van der Waals surface area contributed by atoms with Crippen LogP contribution < -0.4 is 5.32 Å². The molecule has 94 valence electrons. The number of nitro benzene ring substituents is 1. The van der Waals surface area contributed by atoms with E-state index in [9.17, 15) is 10.1 Å². The molecular formula is C13H13BrN2O2. The van der Waals surface area contributed by atoms with Crippen molar-refractivity contribution in [2.24, 2.45) is 11.8 Å². The zero-order valence-electron chi connectivity index (χ0n) is 9.67. The Labute approximate surface area is 113 Å². The van der Waals surface area contributed by atoms with Gasteiger partial charge in [-0.15, -0.1) is 0 Å². The lowest BCUT2D eigenvalue weighted by molar-refractivity contribution is -0.384. The summed E-state index contributed by atoms with van der Waals surface area (Å²) in [5.41, 5.74) is 1.05. The van der Waals surface area contributed by atoms with E-state index >= 15 is 0 Å². The van der Waals surface area contributed by atoms with Crippen molar-refractivity contribution in [1.82, 2.24) is 0 Å². The minimum absolute atomic E-state index is 0.111. The molecule has 2 aliphatic rings. The Morgan fingerprint density at radius 2 is 2.28 bits per heavy atom. The molecule has 18 heavy (non-hydrogen) atoms. The maximum atomic E-state index is 10.7. The summed E-state index contributed by atoms with van der Waals surface area (Å²) in [4.78, 5) is 10.3. The van der Waals surface area contributed by atoms with Gasteiger partial charge in [-0.05, 0) is 40.8 Å². The van der Waals surface area contributed by atoms with Crippen molar-refractivity contribution in [3.63, 3.8) is 0 Å². The molecule has 5 heteroatoms. The van der Waals surface area contributed by atoms with E-state index in [2.05, 4.69) is 33.4 Å². The van der Waals surface area contributed by atoms with Crippen LogP contribution >= 0.6 is 15.9 Å². The predicted molar refractivity (Wildman–Crippen MR) is 73.6 cm³/mol. The molecule has 0 bridgehead atoms. The molecule has 0 saturated heterocycles. The molecule has 1 N–H and O–H groups in total. The van der Waals surface area contributed by atoms with Gasteiger partial charge in [0.05, 0.1) is 4.92 Å². The van der Waals surface area contributed by atoms with Gasteiger partial charge in [-0.1, -0.05) is 12.2 Å². The topological polar surface area (TPSA) is 55.2 Å². The fourth-order valence-corrected chi connectivity index (χ4v) is 3.30. The average Bonchev–Trinajstić information content (AvgIpc) is 2.69. The Morgan fingerprint density at radius 1 is 1.44 bits per heavy atom. The van der Waals surface area contributed by atoms with Crippen molar-refractivity contribution in [1.29, 1.82) is 0 Å². The second-order valence-corrected chi connectivity index (χ2v) is 5.76. The highest BCUT2D eigenvalue weighted by atomic mass is 79.9. The number of rotatable bonds is 3. The number of allylic oxidation sites excluding steroid dienone is 1. The summed E-state index contributed by atoms with van der Waals surface area (Å²) >= 11 is 3.38. The van der Waals surface area contributed by atoms with Gasteiger partial charge in [0, 0.05) is 34.3 Å². The van der Waals surface area contributed by atoms with Crippen LogP contribution in [0.25, 0.3) is 0 Å². The molecule has 0 aliphatic heterocycles. The number of anilines is 1. The first-order valence-corrected chi connectivity index (χ1v) is 6.81. The third-order valence-electron chi connectivity index (χ3n) is 3.87. The molecule has 0 radical (unpaired) electrons. The minimum Gasteiger partial charge on any atom is -0.381 e. The highest BCUT2D eigenvalue weighted by Crippen LogP contribution is 2.44. The molecule has 0 aromatic heterocycles. The summed E-state index contributed by atoms with van der Waals surface area (Å²) in [6.07, 6.45) is 6.92. The van der Waals surface area contributed by atoms with Crippen LogP contribution in [0, 0.1) is 22.0 Å². The van der Waals surface area contributed by atoms with E-state index in [0.717, 1.165) is 16.1 Å². The Bertz CT molecular complexity index is 530. The summed E-state index contributed by atoms with van der Waals surface area (Å²) in [6, 6.07) is 5.32. The molecule has 0 amide bonds. The van der Waals surface area contributed by atoms with Crippen molar-refractivity contribution >= 4 is 27.3 Å². The monoisotopic (exact) mass is 308 g/mol. The Morgan fingerprint density at radius 3 is 2.94 bits per heavy atom. The normalized spacial score (nSPS) is 28.6. The van der Waals surface area contributed by atoms with Crippen LogP contribution in [0.5, 0.6) is 0 Å². The standard InChI is InChI=1S/C13H13BrN2O2/c14-11-7-9(16(17)18)4-5-12(11)15-13-6-8-2-1-3-10(8)13/h1,3-5,7-8,10,13,15H,2,6H2. The first-order valence-electron chi connectivity index (χ1n) is 6.02. The molecule has 1 fully saturated rings. The zero-order valence-corrected chi connectivity index (χ0v) is 11.3. The number of nitrogens with one attached hydrogen (secondary N) is 1. The predicted octanol–water partition coefficient (Wildman–Crippen LogP) is 3.73. The van der Waals surface area contributed by atoms with Gasteiger partial charge in [0.15, 0.2) is 0 Å². The maximum absolute atomic E-state index is 10.7. The lowest BCUT2D eigenvalue weighted by Crippen LogP contribution is -2.43. The first kappa shape index (κ1) is 11.7. The fourth-order valence-electron chi connectivity index (χ4n) is 2.82. The number of halogens is 1. The molecule has 3 unspecified atom stereocenters. The first-order chi connectivity index (χ1) is 8.65. The van der Waals surface area contributed by atoms with Crippen LogP contribution in [-0.4, -0.2) is 11.0 Å². The molecule has 1 saturated carbocycles. The van der Waals surface area contributed by atoms with Gasteiger partial charge in [-0.3, -0.25) is 10.1 Å². The number of hydrogen-bond donors (Lipinski definition) is 1. The van der Waals surface area contributed by atoms with E-state index < -0.39 is 0 Å². The number of benzene rings is 1. The van der Waals surface area contributed by atoms with Gasteiger partial charge < -0.3 is 5.32 Å². The van der Waals surface area contributed by atoms with Crippen LogP contribution in [-0.2, 0) is 0 Å². The summed E-state index contributed by atoms with van der Waals surface area (Å²) in [6.45, 7) is 0. The SMILES string of the molecule is O=[N+]([O-])c1ccc(NC2CC3CC=CC32)c(Br)c1. The second kappa shape index (κ2) is 4.39. The number of hydrogen-bond acceptors (Lipinski definition) is 3. The highest BCUT2D eigenvalue weighted by Gasteiger charge is 2.41. The quantitative estimate of drug-likeness (QED) is 0.526. The van der Waals surface area contributed by atoms with E-state index in [0.29, 0.717) is 12.0 Å². The molecule has 3 rings (SSSR count). The van der Waals surface area contributed by atoms with Gasteiger partial charge in [0.1, 0.15) is 0 Å². The van der Waals surface area contributed by atoms with E-state index in [1.807, 2.05) is 0 Å². The average molecular weight is 309 g/mol. The number of nitrogens with zero attached hydrogens (tertiary/aromatic N) is 1. The molecule has 1 aromatic rings. The number of fused-ring (bicyclic) bond motifs is 1.